The van der Waals surface area contributed by atoms with E-state index in [1.54, 1.807) is 0 Å². The van der Waals surface area contributed by atoms with Gasteiger partial charge in [-0.3, -0.25) is 9.59 Å². The number of carboxylic acids is 1. The SMILES string of the molecule is CN1C2CCC1CC(CNC(=O)C1C(C(=O)O)C1(C)C)C2. The van der Waals surface area contributed by atoms with Crippen molar-refractivity contribution >= 4 is 11.9 Å². The molecule has 1 aliphatic carbocycles. The van der Waals surface area contributed by atoms with Gasteiger partial charge in [-0.05, 0) is 44.1 Å². The van der Waals surface area contributed by atoms with Crippen LogP contribution in [-0.4, -0.2) is 47.6 Å². The molecule has 0 aromatic heterocycles. The summed E-state index contributed by atoms with van der Waals surface area (Å²) in [7, 11) is 2.21. The van der Waals surface area contributed by atoms with E-state index >= 15 is 0 Å². The predicted octanol–water partition coefficient (Wildman–Crippen LogP) is 1.33. The lowest BCUT2D eigenvalue weighted by molar-refractivity contribution is -0.140. The molecular formula is C16H26N2O3. The molecule has 1 amide bonds. The van der Waals surface area contributed by atoms with Gasteiger partial charge in [-0.25, -0.2) is 0 Å². The molecule has 3 aliphatic rings. The van der Waals surface area contributed by atoms with Crippen LogP contribution in [0.2, 0.25) is 0 Å². The van der Waals surface area contributed by atoms with Gasteiger partial charge in [0, 0.05) is 18.6 Å². The Hall–Kier alpha value is -1.10. The molecular weight excluding hydrogens is 268 g/mol. The van der Waals surface area contributed by atoms with Crippen molar-refractivity contribution in [3.8, 4) is 0 Å². The Morgan fingerprint density at radius 2 is 1.76 bits per heavy atom. The average Bonchev–Trinajstić information content (AvgIpc) is 2.94. The number of carboxylic acid groups (broad SMARTS) is 1. The van der Waals surface area contributed by atoms with Crippen LogP contribution < -0.4 is 5.32 Å². The molecule has 0 radical (unpaired) electrons. The van der Waals surface area contributed by atoms with Crippen LogP contribution >= 0.6 is 0 Å². The number of aliphatic carboxylic acids is 1. The zero-order chi connectivity index (χ0) is 15.4. The quantitative estimate of drug-likeness (QED) is 0.821. The number of nitrogens with one attached hydrogen (secondary N) is 1. The molecule has 0 spiro atoms. The number of piperidine rings is 1. The summed E-state index contributed by atoms with van der Waals surface area (Å²) < 4.78 is 0. The van der Waals surface area contributed by atoms with Gasteiger partial charge < -0.3 is 15.3 Å². The molecule has 4 unspecified atom stereocenters. The molecule has 1 saturated carbocycles. The van der Waals surface area contributed by atoms with Gasteiger partial charge in [0.15, 0.2) is 0 Å². The minimum Gasteiger partial charge on any atom is -0.481 e. The van der Waals surface area contributed by atoms with Gasteiger partial charge in [-0.2, -0.15) is 0 Å². The second-order valence-electron chi connectivity index (χ2n) is 7.75. The monoisotopic (exact) mass is 294 g/mol. The van der Waals surface area contributed by atoms with Crippen LogP contribution in [-0.2, 0) is 9.59 Å². The fraction of sp³-hybridized carbons (Fsp3) is 0.875. The van der Waals surface area contributed by atoms with Crippen molar-refractivity contribution in [2.24, 2.45) is 23.2 Å². The van der Waals surface area contributed by atoms with E-state index in [9.17, 15) is 9.59 Å². The van der Waals surface area contributed by atoms with E-state index in [1.807, 2.05) is 13.8 Å². The number of hydrogen-bond donors (Lipinski definition) is 2. The van der Waals surface area contributed by atoms with E-state index in [4.69, 9.17) is 5.11 Å². The van der Waals surface area contributed by atoms with Crippen LogP contribution in [0.3, 0.4) is 0 Å². The van der Waals surface area contributed by atoms with Crippen molar-refractivity contribution in [2.75, 3.05) is 13.6 Å². The maximum atomic E-state index is 12.2. The third kappa shape index (κ3) is 2.45. The fourth-order valence-corrected chi connectivity index (χ4v) is 4.63. The Morgan fingerprint density at radius 3 is 2.24 bits per heavy atom. The van der Waals surface area contributed by atoms with E-state index in [2.05, 4.69) is 17.3 Å². The minimum atomic E-state index is -0.850. The second kappa shape index (κ2) is 4.97. The van der Waals surface area contributed by atoms with Crippen molar-refractivity contribution in [2.45, 2.75) is 51.6 Å². The highest BCUT2D eigenvalue weighted by Gasteiger charge is 2.65. The third-order valence-electron chi connectivity index (χ3n) is 6.14. The Bertz CT molecular complexity index is 448. The first-order valence-corrected chi connectivity index (χ1v) is 8.04. The molecule has 118 valence electrons. The van der Waals surface area contributed by atoms with Gasteiger partial charge in [-0.1, -0.05) is 13.8 Å². The summed E-state index contributed by atoms with van der Waals surface area (Å²) in [6.07, 6.45) is 4.87. The van der Waals surface area contributed by atoms with Crippen molar-refractivity contribution < 1.29 is 14.7 Å². The fourth-order valence-electron chi connectivity index (χ4n) is 4.63. The van der Waals surface area contributed by atoms with Gasteiger partial charge in [0.2, 0.25) is 5.91 Å². The summed E-state index contributed by atoms with van der Waals surface area (Å²) in [6.45, 7) is 4.44. The van der Waals surface area contributed by atoms with E-state index < -0.39 is 17.3 Å². The summed E-state index contributed by atoms with van der Waals surface area (Å²) in [5.41, 5.74) is -0.401. The summed E-state index contributed by atoms with van der Waals surface area (Å²) in [6, 6.07) is 1.35. The largest absolute Gasteiger partial charge is 0.481 e. The molecule has 3 fully saturated rings. The zero-order valence-electron chi connectivity index (χ0n) is 13.1. The van der Waals surface area contributed by atoms with Crippen molar-refractivity contribution in [1.82, 2.24) is 10.2 Å². The van der Waals surface area contributed by atoms with Gasteiger partial charge in [0.05, 0.1) is 11.8 Å². The standard InChI is InChI=1S/C16H26N2O3/c1-16(2)12(13(16)15(20)21)14(19)17-8-9-6-10-4-5-11(7-9)18(10)3/h9-13H,4-8H2,1-3H3,(H,17,19)(H,20,21). The minimum absolute atomic E-state index is 0.0707. The number of rotatable bonds is 4. The third-order valence-corrected chi connectivity index (χ3v) is 6.14. The first-order chi connectivity index (χ1) is 9.82. The first-order valence-electron chi connectivity index (χ1n) is 8.04. The highest BCUT2D eigenvalue weighted by molar-refractivity contribution is 5.91. The van der Waals surface area contributed by atoms with Crippen LogP contribution in [0.15, 0.2) is 0 Å². The summed E-state index contributed by atoms with van der Waals surface area (Å²) >= 11 is 0. The molecule has 2 N–H and O–H groups in total. The van der Waals surface area contributed by atoms with Gasteiger partial charge in [-0.15, -0.1) is 0 Å². The molecule has 2 aliphatic heterocycles. The highest BCUT2D eigenvalue weighted by atomic mass is 16.4. The Morgan fingerprint density at radius 1 is 1.19 bits per heavy atom. The zero-order valence-corrected chi connectivity index (χ0v) is 13.1. The van der Waals surface area contributed by atoms with Crippen LogP contribution in [0.25, 0.3) is 0 Å². The van der Waals surface area contributed by atoms with E-state index in [-0.39, 0.29) is 11.8 Å². The van der Waals surface area contributed by atoms with Gasteiger partial charge >= 0.3 is 5.97 Å². The van der Waals surface area contributed by atoms with Crippen LogP contribution in [0.4, 0.5) is 0 Å². The number of carbonyl (C=O) groups is 2. The molecule has 3 rings (SSSR count). The molecule has 2 saturated heterocycles. The smallest absolute Gasteiger partial charge is 0.307 e. The number of amides is 1. The Kier molecular flexibility index (Phi) is 3.51. The number of fused-ring (bicyclic) bond motifs is 2. The molecule has 5 heteroatoms. The van der Waals surface area contributed by atoms with Gasteiger partial charge in [0.25, 0.3) is 0 Å². The van der Waals surface area contributed by atoms with Crippen molar-refractivity contribution in [3.05, 3.63) is 0 Å². The molecule has 4 atom stereocenters. The topological polar surface area (TPSA) is 69.6 Å². The lowest BCUT2D eigenvalue weighted by Gasteiger charge is -2.36. The van der Waals surface area contributed by atoms with E-state index in [0.29, 0.717) is 24.5 Å². The van der Waals surface area contributed by atoms with E-state index in [1.165, 1.54) is 12.8 Å². The summed E-state index contributed by atoms with van der Waals surface area (Å²) in [5.74, 6) is -1.26. The van der Waals surface area contributed by atoms with E-state index in [0.717, 1.165) is 12.8 Å². The normalized spacial score (nSPS) is 40.8. The maximum Gasteiger partial charge on any atom is 0.307 e. The summed E-state index contributed by atoms with van der Waals surface area (Å²) in [4.78, 5) is 25.9. The average molecular weight is 294 g/mol. The van der Waals surface area contributed by atoms with Crippen LogP contribution in [0, 0.1) is 23.2 Å². The molecule has 2 bridgehead atoms. The van der Waals surface area contributed by atoms with Gasteiger partial charge in [0.1, 0.15) is 0 Å². The van der Waals surface area contributed by atoms with Crippen LogP contribution in [0.5, 0.6) is 0 Å². The predicted molar refractivity (Wildman–Crippen MR) is 78.7 cm³/mol. The lowest BCUT2D eigenvalue weighted by atomic mass is 9.91. The number of carbonyl (C=O) groups excluding carboxylic acids is 1. The number of nitrogens with zero attached hydrogens (tertiary/aromatic N) is 1. The first kappa shape index (κ1) is 14.8. The maximum absolute atomic E-state index is 12.2. The summed E-state index contributed by atoms with van der Waals surface area (Å²) in [5, 5.41) is 12.2. The highest BCUT2D eigenvalue weighted by Crippen LogP contribution is 2.58. The molecule has 0 aromatic carbocycles. The molecule has 5 nitrogen and oxygen atoms in total. The van der Waals surface area contributed by atoms with Crippen molar-refractivity contribution in [1.29, 1.82) is 0 Å². The second-order valence-corrected chi connectivity index (χ2v) is 7.75. The lowest BCUT2D eigenvalue weighted by Crippen LogP contribution is -2.43. The van der Waals surface area contributed by atoms with Crippen molar-refractivity contribution in [3.63, 3.8) is 0 Å². The van der Waals surface area contributed by atoms with Crippen LogP contribution in [0.1, 0.15) is 39.5 Å². The number of hydrogen-bond acceptors (Lipinski definition) is 3. The Labute approximate surface area is 126 Å². The molecule has 2 heterocycles. The molecule has 0 aromatic rings. The molecule has 21 heavy (non-hydrogen) atoms. The Balaban J connectivity index is 1.50.